The fraction of sp³-hybridized carbons (Fsp3) is 0.600. The van der Waals surface area contributed by atoms with Gasteiger partial charge in [-0.2, -0.15) is 4.31 Å². The van der Waals surface area contributed by atoms with Crippen LogP contribution in [0.15, 0.2) is 18.2 Å². The lowest BCUT2D eigenvalue weighted by atomic mass is 10.0. The van der Waals surface area contributed by atoms with Gasteiger partial charge in [0.15, 0.2) is 5.13 Å². The Bertz CT molecular complexity index is 996. The molecule has 2 aliphatic heterocycles. The van der Waals surface area contributed by atoms with E-state index in [0.717, 1.165) is 43.0 Å². The molecule has 7 nitrogen and oxygen atoms in total. The van der Waals surface area contributed by atoms with E-state index < -0.39 is 16.1 Å². The molecule has 2 saturated heterocycles. The number of piperidine rings is 1. The molecule has 9 heteroatoms. The molecule has 0 aliphatic carbocycles. The van der Waals surface area contributed by atoms with Crippen molar-refractivity contribution in [2.45, 2.75) is 38.6 Å². The molecule has 2 fully saturated rings. The SMILES string of the molecule is CCc1cccc2sc(N3CCN(C(=O)C4CCCCN4S(C)(=O)=O)CC3)nc12. The number of rotatable bonds is 4. The molecule has 1 amide bonds. The van der Waals surface area contributed by atoms with Crippen LogP contribution in [-0.4, -0.2) is 73.5 Å². The van der Waals surface area contributed by atoms with Crippen molar-refractivity contribution in [1.82, 2.24) is 14.2 Å². The van der Waals surface area contributed by atoms with E-state index in [1.807, 2.05) is 4.90 Å². The minimum absolute atomic E-state index is 0.0488. The summed E-state index contributed by atoms with van der Waals surface area (Å²) in [6, 6.07) is 5.77. The van der Waals surface area contributed by atoms with Crippen LogP contribution in [0, 0.1) is 0 Å². The molecule has 2 aliphatic rings. The minimum atomic E-state index is -3.37. The van der Waals surface area contributed by atoms with Crippen molar-refractivity contribution in [1.29, 1.82) is 0 Å². The average Bonchev–Trinajstić information content (AvgIpc) is 3.17. The highest BCUT2D eigenvalue weighted by atomic mass is 32.2. The summed E-state index contributed by atoms with van der Waals surface area (Å²) < 4.78 is 26.8. The van der Waals surface area contributed by atoms with Crippen molar-refractivity contribution in [2.75, 3.05) is 43.9 Å². The number of thiazole rings is 1. The number of carbonyl (C=O) groups excluding carboxylic acids is 1. The molecule has 1 aromatic heterocycles. The van der Waals surface area contributed by atoms with E-state index in [4.69, 9.17) is 4.98 Å². The molecule has 1 atom stereocenters. The molecule has 1 aromatic carbocycles. The number of sulfonamides is 1. The van der Waals surface area contributed by atoms with Crippen molar-refractivity contribution in [3.8, 4) is 0 Å². The van der Waals surface area contributed by atoms with Crippen molar-refractivity contribution in [3.63, 3.8) is 0 Å². The maximum absolute atomic E-state index is 13.1. The van der Waals surface area contributed by atoms with Gasteiger partial charge in [-0.25, -0.2) is 13.4 Å². The Morgan fingerprint density at radius 3 is 2.62 bits per heavy atom. The molecule has 0 bridgehead atoms. The molecule has 0 spiro atoms. The first-order valence-electron chi connectivity index (χ1n) is 10.3. The van der Waals surface area contributed by atoms with Gasteiger partial charge in [-0.15, -0.1) is 0 Å². The largest absolute Gasteiger partial charge is 0.345 e. The van der Waals surface area contributed by atoms with Crippen molar-refractivity contribution in [2.24, 2.45) is 0 Å². The van der Waals surface area contributed by atoms with E-state index >= 15 is 0 Å². The highest BCUT2D eigenvalue weighted by Crippen LogP contribution is 2.32. The lowest BCUT2D eigenvalue weighted by Crippen LogP contribution is -2.57. The van der Waals surface area contributed by atoms with Gasteiger partial charge in [-0.1, -0.05) is 36.8 Å². The topological polar surface area (TPSA) is 73.8 Å². The Balaban J connectivity index is 1.44. The highest BCUT2D eigenvalue weighted by molar-refractivity contribution is 7.88. The van der Waals surface area contributed by atoms with Crippen LogP contribution in [0.4, 0.5) is 5.13 Å². The average molecular weight is 437 g/mol. The van der Waals surface area contributed by atoms with E-state index in [9.17, 15) is 13.2 Å². The number of aryl methyl sites for hydroxylation is 1. The number of hydrogen-bond acceptors (Lipinski definition) is 6. The molecular weight excluding hydrogens is 408 g/mol. The first kappa shape index (κ1) is 20.6. The van der Waals surface area contributed by atoms with E-state index in [2.05, 4.69) is 30.0 Å². The monoisotopic (exact) mass is 436 g/mol. The van der Waals surface area contributed by atoms with Gasteiger partial charge in [0.2, 0.25) is 15.9 Å². The fourth-order valence-electron chi connectivity index (χ4n) is 4.29. The van der Waals surface area contributed by atoms with E-state index in [1.54, 1.807) is 11.3 Å². The van der Waals surface area contributed by atoms with Gasteiger partial charge in [0.25, 0.3) is 0 Å². The van der Waals surface area contributed by atoms with E-state index in [0.29, 0.717) is 26.1 Å². The van der Waals surface area contributed by atoms with Gasteiger partial charge in [-0.3, -0.25) is 4.79 Å². The summed E-state index contributed by atoms with van der Waals surface area (Å²) in [5, 5.41) is 1.00. The first-order chi connectivity index (χ1) is 13.9. The number of carbonyl (C=O) groups is 1. The summed E-state index contributed by atoms with van der Waals surface area (Å²) in [6.45, 7) is 5.23. The summed E-state index contributed by atoms with van der Waals surface area (Å²) in [6.07, 6.45) is 4.49. The zero-order chi connectivity index (χ0) is 20.6. The predicted molar refractivity (Wildman–Crippen MR) is 117 cm³/mol. The first-order valence-corrected chi connectivity index (χ1v) is 12.9. The Morgan fingerprint density at radius 1 is 1.17 bits per heavy atom. The molecule has 4 rings (SSSR count). The Hall–Kier alpha value is -1.71. The van der Waals surface area contributed by atoms with Crippen LogP contribution in [0.5, 0.6) is 0 Å². The summed E-state index contributed by atoms with van der Waals surface area (Å²) in [4.78, 5) is 22.0. The van der Waals surface area contributed by atoms with Crippen LogP contribution in [0.1, 0.15) is 31.7 Å². The molecule has 3 heterocycles. The Kier molecular flexibility index (Phi) is 5.81. The summed E-state index contributed by atoms with van der Waals surface area (Å²) in [5.74, 6) is -0.0488. The lowest BCUT2D eigenvalue weighted by molar-refractivity contribution is -0.136. The number of anilines is 1. The normalized spacial score (nSPS) is 21.7. The molecule has 0 saturated carbocycles. The van der Waals surface area contributed by atoms with Crippen LogP contribution < -0.4 is 4.90 Å². The van der Waals surface area contributed by atoms with Crippen LogP contribution in [0.2, 0.25) is 0 Å². The van der Waals surface area contributed by atoms with Gasteiger partial charge in [0.05, 0.1) is 16.5 Å². The maximum Gasteiger partial charge on any atom is 0.241 e. The fourth-order valence-corrected chi connectivity index (χ4v) is 6.48. The Labute approximate surface area is 176 Å². The second-order valence-corrected chi connectivity index (χ2v) is 10.8. The van der Waals surface area contributed by atoms with Crippen molar-refractivity contribution < 1.29 is 13.2 Å². The molecule has 2 aromatic rings. The van der Waals surface area contributed by atoms with E-state index in [-0.39, 0.29) is 5.91 Å². The number of hydrogen-bond donors (Lipinski definition) is 0. The number of amides is 1. The van der Waals surface area contributed by atoms with E-state index in [1.165, 1.54) is 20.8 Å². The third-order valence-electron chi connectivity index (χ3n) is 5.90. The molecular formula is C20H28N4O3S2. The van der Waals surface area contributed by atoms with Gasteiger partial charge in [-0.05, 0) is 30.9 Å². The predicted octanol–water partition coefficient (Wildman–Crippen LogP) is 2.32. The Morgan fingerprint density at radius 2 is 1.93 bits per heavy atom. The lowest BCUT2D eigenvalue weighted by Gasteiger charge is -2.39. The van der Waals surface area contributed by atoms with Crippen molar-refractivity contribution >= 4 is 42.6 Å². The smallest absolute Gasteiger partial charge is 0.241 e. The summed E-state index contributed by atoms with van der Waals surface area (Å²) >= 11 is 1.70. The third-order valence-corrected chi connectivity index (χ3v) is 8.27. The highest BCUT2D eigenvalue weighted by Gasteiger charge is 2.37. The third kappa shape index (κ3) is 4.13. The number of piperazine rings is 1. The standard InChI is InChI=1S/C20H28N4O3S2/c1-3-15-7-6-9-17-18(15)21-20(28-17)23-13-11-22(12-14-23)19(25)16-8-4-5-10-24(16)29(2,26)27/h6-7,9,16H,3-5,8,10-14H2,1-2H3. The minimum Gasteiger partial charge on any atom is -0.345 e. The zero-order valence-electron chi connectivity index (χ0n) is 17.0. The van der Waals surface area contributed by atoms with Gasteiger partial charge >= 0.3 is 0 Å². The number of benzene rings is 1. The number of aromatic nitrogens is 1. The maximum atomic E-state index is 13.1. The summed E-state index contributed by atoms with van der Waals surface area (Å²) in [5.41, 5.74) is 2.34. The van der Waals surface area contributed by atoms with Gasteiger partial charge in [0.1, 0.15) is 6.04 Å². The van der Waals surface area contributed by atoms with Crippen LogP contribution in [-0.2, 0) is 21.2 Å². The second kappa shape index (κ2) is 8.20. The zero-order valence-corrected chi connectivity index (χ0v) is 18.6. The van der Waals surface area contributed by atoms with Crippen LogP contribution in [0.3, 0.4) is 0 Å². The molecule has 0 radical (unpaired) electrons. The van der Waals surface area contributed by atoms with Crippen molar-refractivity contribution in [3.05, 3.63) is 23.8 Å². The van der Waals surface area contributed by atoms with Gasteiger partial charge in [0, 0.05) is 32.7 Å². The molecule has 0 N–H and O–H groups in total. The van der Waals surface area contributed by atoms with Crippen LogP contribution >= 0.6 is 11.3 Å². The summed E-state index contributed by atoms with van der Waals surface area (Å²) in [7, 11) is -3.37. The number of fused-ring (bicyclic) bond motifs is 1. The molecule has 29 heavy (non-hydrogen) atoms. The van der Waals surface area contributed by atoms with Gasteiger partial charge < -0.3 is 9.80 Å². The quantitative estimate of drug-likeness (QED) is 0.735. The number of para-hydroxylation sites is 1. The number of nitrogens with zero attached hydrogens (tertiary/aromatic N) is 4. The van der Waals surface area contributed by atoms with Crippen LogP contribution in [0.25, 0.3) is 10.2 Å². The second-order valence-electron chi connectivity index (χ2n) is 7.81. The molecule has 1 unspecified atom stereocenters. The molecule has 158 valence electrons.